The smallest absolute Gasteiger partial charge is 0.0291 e. The van der Waals surface area contributed by atoms with Crippen molar-refractivity contribution < 1.29 is 0 Å². The van der Waals surface area contributed by atoms with Gasteiger partial charge < -0.3 is 0 Å². The highest BCUT2D eigenvalue weighted by molar-refractivity contribution is 14.2. The van der Waals surface area contributed by atoms with Gasteiger partial charge >= 0.3 is 0 Å². The van der Waals surface area contributed by atoms with Crippen LogP contribution >= 0.6 is 28.3 Å². The summed E-state index contributed by atoms with van der Waals surface area (Å²) in [5.41, 5.74) is 0. The Labute approximate surface area is 41.6 Å². The van der Waals surface area contributed by atoms with E-state index in [2.05, 4.69) is 29.0 Å². The molecule has 0 aliphatic heterocycles. The molecule has 0 nitrogen and oxygen atoms in total. The predicted molar refractivity (Wildman–Crippen MR) is 32.9 cm³/mol. The summed E-state index contributed by atoms with van der Waals surface area (Å²) in [6.07, 6.45) is 2.44. The molecule has 0 radical (unpaired) electrons. The van der Waals surface area contributed by atoms with E-state index in [1.54, 1.807) is 0 Å². The van der Waals surface area contributed by atoms with Crippen molar-refractivity contribution in [1.29, 1.82) is 0 Å². The number of hydrogen-bond acceptors (Lipinski definition) is 0. The molecule has 2 heteroatoms. The Hall–Kier alpha value is 1.16. The third kappa shape index (κ3) is 3.16. The first-order chi connectivity index (χ1) is 1.91. The van der Waals surface area contributed by atoms with E-state index in [0.29, 0.717) is 0 Å². The van der Waals surface area contributed by atoms with Crippen molar-refractivity contribution in [2.24, 2.45) is 0 Å². The maximum absolute atomic E-state index is 2.38. The fourth-order valence-electron chi connectivity index (χ4n) is 0. The van der Waals surface area contributed by atoms with E-state index in [0.717, 1.165) is 6.22 Å². The number of halogens is 1. The van der Waals surface area contributed by atoms with Crippen LogP contribution in [-0.4, -0.2) is 6.16 Å². The highest BCUT2D eigenvalue weighted by Crippen LogP contribution is 2.17. The van der Waals surface area contributed by atoms with Crippen LogP contribution in [0.5, 0.6) is 0 Å². The lowest BCUT2D eigenvalue weighted by molar-refractivity contribution is 1.53. The van der Waals surface area contributed by atoms with Crippen molar-refractivity contribution in [1.82, 2.24) is 0 Å². The van der Waals surface area contributed by atoms with Gasteiger partial charge in [0.2, 0.25) is 0 Å². The molecule has 0 fully saturated rings. The quantitative estimate of drug-likeness (QED) is 0.436. The summed E-state index contributed by atoms with van der Waals surface area (Å²) in [6, 6.07) is 0. The minimum Gasteiger partial charge on any atom is -0.0609 e. The van der Waals surface area contributed by atoms with Crippen molar-refractivity contribution in [2.75, 3.05) is 6.16 Å². The molecule has 0 aromatic rings. The van der Waals surface area contributed by atoms with E-state index < -0.39 is 0 Å². The van der Waals surface area contributed by atoms with Crippen LogP contribution in [0.1, 0.15) is 6.92 Å². The van der Waals surface area contributed by atoms with E-state index in [9.17, 15) is 0 Å². The Morgan fingerprint density at radius 1 is 2.00 bits per heavy atom. The van der Waals surface area contributed by atoms with E-state index in [4.69, 9.17) is 0 Å². The van der Waals surface area contributed by atoms with Crippen LogP contribution in [0, 0.1) is 0 Å². The van der Waals surface area contributed by atoms with E-state index in [-0.39, 0.29) is 0 Å². The molecular weight excluding hydrogens is 182 g/mol. The van der Waals surface area contributed by atoms with Gasteiger partial charge in [0.1, 0.15) is 0 Å². The van der Waals surface area contributed by atoms with Crippen molar-refractivity contribution in [2.45, 2.75) is 6.92 Å². The number of hydrogen-bond donors (Lipinski definition) is 0. The second kappa shape index (κ2) is 4.16. The third-order valence-electron chi connectivity index (χ3n) is 0.134. The van der Waals surface area contributed by atoms with Crippen LogP contribution in [0.15, 0.2) is 0 Å². The van der Waals surface area contributed by atoms with Gasteiger partial charge in [-0.15, -0.1) is 0 Å². The first-order valence-electron chi connectivity index (χ1n) is 1.25. The van der Waals surface area contributed by atoms with Gasteiger partial charge in [-0.05, 0) is 6.16 Å². The molecule has 0 aromatic carbocycles. The average Bonchev–Trinajstić information content (AvgIpc) is 1.37. The molecule has 0 aliphatic rings. The molecule has 0 N–H and O–H groups in total. The monoisotopic (exact) mass is 188 g/mol. The average molecular weight is 188 g/mol. The van der Waals surface area contributed by atoms with E-state index in [1.807, 2.05) is 0 Å². The zero-order valence-corrected chi connectivity index (χ0v) is 5.74. The second-order valence-electron chi connectivity index (χ2n) is 0.487. The zero-order valence-electron chi connectivity index (χ0n) is 2.59. The highest BCUT2D eigenvalue weighted by Gasteiger charge is 1.57. The first-order valence-corrected chi connectivity index (χ1v) is 5.57. The van der Waals surface area contributed by atoms with Gasteiger partial charge in [0.25, 0.3) is 0 Å². The third-order valence-corrected chi connectivity index (χ3v) is 2.69. The lowest BCUT2D eigenvalue weighted by Crippen LogP contribution is -1.40. The van der Waals surface area contributed by atoms with Crippen molar-refractivity contribution in [3.63, 3.8) is 0 Å². The van der Waals surface area contributed by atoms with Crippen molar-refractivity contribution in [3.05, 3.63) is 0 Å². The Balaban J connectivity index is 1.97. The van der Waals surface area contributed by atoms with Crippen molar-refractivity contribution in [3.8, 4) is 0 Å². The Morgan fingerprint density at radius 3 is 2.25 bits per heavy atom. The lowest BCUT2D eigenvalue weighted by Gasteiger charge is -1.66. The first kappa shape index (κ1) is 5.16. The van der Waals surface area contributed by atoms with Crippen LogP contribution in [0.2, 0.25) is 0 Å². The van der Waals surface area contributed by atoms with Crippen molar-refractivity contribution >= 4 is 28.3 Å². The fraction of sp³-hybridized carbons (Fsp3) is 1.00. The molecule has 0 rings (SSSR count). The van der Waals surface area contributed by atoms with Crippen LogP contribution in [0.25, 0.3) is 0 Å². The Bertz CT molecular complexity index is 8.00. The van der Waals surface area contributed by atoms with Gasteiger partial charge in [-0.2, -0.15) is 0 Å². The SMILES string of the molecule is CCPI. The fourth-order valence-corrected chi connectivity index (χ4v) is 0. The second-order valence-corrected chi connectivity index (χ2v) is 3.75. The minimum atomic E-state index is 1.11. The zero-order chi connectivity index (χ0) is 3.41. The summed E-state index contributed by atoms with van der Waals surface area (Å²) in [6.45, 7) is 2.19. The van der Waals surface area contributed by atoms with Crippen LogP contribution in [0.4, 0.5) is 0 Å². The molecule has 0 saturated heterocycles. The molecule has 26 valence electrons. The number of rotatable bonds is 1. The summed E-state index contributed by atoms with van der Waals surface area (Å²) in [4.78, 5) is 0. The van der Waals surface area contributed by atoms with Crippen LogP contribution in [-0.2, 0) is 0 Å². The predicted octanol–water partition coefficient (Wildman–Crippen LogP) is 2.03. The standard InChI is InChI=1S/C2H6IP/c1-2-4-3/h4H,2H2,1H3. The van der Waals surface area contributed by atoms with E-state index in [1.165, 1.54) is 6.16 Å². The maximum Gasteiger partial charge on any atom is -0.0291 e. The highest BCUT2D eigenvalue weighted by atomic mass is 127. The molecule has 0 heterocycles. The van der Waals surface area contributed by atoms with Crippen LogP contribution in [0.3, 0.4) is 0 Å². The molecule has 0 spiro atoms. The van der Waals surface area contributed by atoms with Gasteiger partial charge in [-0.3, -0.25) is 0 Å². The van der Waals surface area contributed by atoms with Crippen LogP contribution < -0.4 is 0 Å². The molecule has 0 aliphatic carbocycles. The lowest BCUT2D eigenvalue weighted by atomic mass is 11.0. The van der Waals surface area contributed by atoms with E-state index >= 15 is 0 Å². The topological polar surface area (TPSA) is 0 Å². The molecule has 0 aromatic heterocycles. The molecule has 0 bridgehead atoms. The largest absolute Gasteiger partial charge is 0.0609 e. The molecule has 0 amide bonds. The van der Waals surface area contributed by atoms with Gasteiger partial charge in [-0.1, -0.05) is 35.2 Å². The molecule has 0 saturated carbocycles. The molecular formula is C2H6IP. The molecule has 1 unspecified atom stereocenters. The van der Waals surface area contributed by atoms with Gasteiger partial charge in [0.15, 0.2) is 0 Å². The van der Waals surface area contributed by atoms with Gasteiger partial charge in [0, 0.05) is 0 Å². The Kier molecular flexibility index (Phi) is 5.37. The summed E-state index contributed by atoms with van der Waals surface area (Å²) in [5, 5.41) is 0. The van der Waals surface area contributed by atoms with Gasteiger partial charge in [-0.25, -0.2) is 0 Å². The Morgan fingerprint density at radius 2 is 2.25 bits per heavy atom. The summed E-state index contributed by atoms with van der Waals surface area (Å²) in [5.74, 6) is 0. The molecule has 1 atom stereocenters. The minimum absolute atomic E-state index is 1.11. The summed E-state index contributed by atoms with van der Waals surface area (Å²) < 4.78 is 0. The maximum atomic E-state index is 2.38. The van der Waals surface area contributed by atoms with Gasteiger partial charge in [0.05, 0.1) is 0 Å². The molecule has 4 heavy (non-hydrogen) atoms. The summed E-state index contributed by atoms with van der Waals surface area (Å²) >= 11 is 2.38. The summed E-state index contributed by atoms with van der Waals surface area (Å²) in [7, 11) is 0. The normalized spacial score (nSPS) is 10.5.